The smallest absolute Gasteiger partial charge is 0.247 e. The van der Waals surface area contributed by atoms with Gasteiger partial charge in [-0.3, -0.25) is 0 Å². The van der Waals surface area contributed by atoms with Gasteiger partial charge in [-0.05, 0) is 34.8 Å². The van der Waals surface area contributed by atoms with E-state index in [1.807, 2.05) is 0 Å². The zero-order valence-corrected chi connectivity index (χ0v) is 14.4. The number of halogens is 1. The van der Waals surface area contributed by atoms with Gasteiger partial charge in [0.05, 0.1) is 18.7 Å². The Bertz CT molecular complexity index is 621. The van der Waals surface area contributed by atoms with Gasteiger partial charge in [-0.25, -0.2) is 8.42 Å². The first-order chi connectivity index (χ1) is 9.95. The van der Waals surface area contributed by atoms with Gasteiger partial charge in [0.15, 0.2) is 0 Å². The van der Waals surface area contributed by atoms with Crippen molar-refractivity contribution >= 4 is 26.0 Å². The lowest BCUT2D eigenvalue weighted by Crippen LogP contribution is -2.40. The van der Waals surface area contributed by atoms with Crippen LogP contribution in [-0.4, -0.2) is 46.1 Å². The number of nitrogens with two attached hydrogens (primary N) is 1. The highest BCUT2D eigenvalue weighted by Crippen LogP contribution is 2.38. The lowest BCUT2D eigenvalue weighted by atomic mass is 10.2. The van der Waals surface area contributed by atoms with E-state index < -0.39 is 10.0 Å². The normalized spacial score (nSPS) is 19.7. The molecule has 1 aliphatic rings. The molecule has 6 nitrogen and oxygen atoms in total. The Kier molecular flexibility index (Phi) is 5.13. The number of ether oxygens (including phenoxy) is 2. The summed E-state index contributed by atoms with van der Waals surface area (Å²) in [6, 6.07) is 2.92. The third-order valence-electron chi connectivity index (χ3n) is 3.62. The first kappa shape index (κ1) is 16.5. The van der Waals surface area contributed by atoms with E-state index in [4.69, 9.17) is 15.2 Å². The average Bonchev–Trinajstić information content (AvgIpc) is 2.96. The zero-order chi connectivity index (χ0) is 15.6. The van der Waals surface area contributed by atoms with Crippen LogP contribution in [0, 0.1) is 0 Å². The number of hydrogen-bond donors (Lipinski definition) is 1. The molecule has 1 fully saturated rings. The lowest BCUT2D eigenvalue weighted by molar-refractivity contribution is 0.372. The Morgan fingerprint density at radius 1 is 1.33 bits per heavy atom. The lowest BCUT2D eigenvalue weighted by Gasteiger charge is -2.24. The van der Waals surface area contributed by atoms with Crippen molar-refractivity contribution in [1.29, 1.82) is 0 Å². The summed E-state index contributed by atoms with van der Waals surface area (Å²) >= 11 is 3.32. The minimum absolute atomic E-state index is 0.123. The highest BCUT2D eigenvalue weighted by atomic mass is 79.9. The highest BCUT2D eigenvalue weighted by molar-refractivity contribution is 9.10. The third kappa shape index (κ3) is 3.03. The Balaban J connectivity index is 2.51. The zero-order valence-electron chi connectivity index (χ0n) is 12.0. The molecule has 118 valence electrons. The molecule has 1 aromatic carbocycles. The molecule has 0 unspecified atom stereocenters. The molecule has 0 aliphatic carbocycles. The van der Waals surface area contributed by atoms with Gasteiger partial charge in [0.25, 0.3) is 0 Å². The number of benzene rings is 1. The van der Waals surface area contributed by atoms with Gasteiger partial charge in [-0.15, -0.1) is 0 Å². The fraction of sp³-hybridized carbons (Fsp3) is 0.538. The maximum Gasteiger partial charge on any atom is 0.247 e. The van der Waals surface area contributed by atoms with Gasteiger partial charge in [0.1, 0.15) is 16.4 Å². The van der Waals surface area contributed by atoms with Crippen molar-refractivity contribution in [3.63, 3.8) is 0 Å². The molecule has 0 radical (unpaired) electrons. The van der Waals surface area contributed by atoms with Crippen molar-refractivity contribution in [3.05, 3.63) is 16.6 Å². The first-order valence-corrected chi connectivity index (χ1v) is 8.82. The van der Waals surface area contributed by atoms with Crippen molar-refractivity contribution in [2.45, 2.75) is 23.8 Å². The quantitative estimate of drug-likeness (QED) is 0.840. The fourth-order valence-electron chi connectivity index (χ4n) is 2.52. The Hall–Kier alpha value is -0.830. The van der Waals surface area contributed by atoms with Gasteiger partial charge in [-0.2, -0.15) is 4.31 Å². The van der Waals surface area contributed by atoms with E-state index in [-0.39, 0.29) is 16.7 Å². The van der Waals surface area contributed by atoms with Crippen LogP contribution in [0.4, 0.5) is 0 Å². The fourth-order valence-corrected chi connectivity index (χ4v) is 5.05. The number of sulfonamides is 1. The van der Waals surface area contributed by atoms with Crippen LogP contribution in [0.2, 0.25) is 0 Å². The molecule has 1 saturated heterocycles. The molecule has 1 heterocycles. The molecule has 0 spiro atoms. The number of methoxy groups -OCH3 is 2. The van der Waals surface area contributed by atoms with E-state index in [1.54, 1.807) is 6.07 Å². The summed E-state index contributed by atoms with van der Waals surface area (Å²) in [4.78, 5) is 0.123. The molecule has 1 atom stereocenters. The molecule has 2 rings (SSSR count). The van der Waals surface area contributed by atoms with Crippen molar-refractivity contribution in [1.82, 2.24) is 4.31 Å². The molecule has 21 heavy (non-hydrogen) atoms. The second kappa shape index (κ2) is 6.51. The summed E-state index contributed by atoms with van der Waals surface area (Å²) in [5.41, 5.74) is 5.68. The van der Waals surface area contributed by atoms with Crippen LogP contribution in [0.1, 0.15) is 12.8 Å². The topological polar surface area (TPSA) is 81.9 Å². The molecule has 0 amide bonds. The first-order valence-electron chi connectivity index (χ1n) is 6.59. The Morgan fingerprint density at radius 3 is 2.57 bits per heavy atom. The second-order valence-electron chi connectivity index (χ2n) is 4.79. The summed E-state index contributed by atoms with van der Waals surface area (Å²) in [6.45, 7) is 0.801. The molecule has 0 aromatic heterocycles. The number of nitrogens with zero attached hydrogens (tertiary/aromatic N) is 1. The molecule has 2 N–H and O–H groups in total. The minimum atomic E-state index is -3.65. The highest BCUT2D eigenvalue weighted by Gasteiger charge is 2.36. The largest absolute Gasteiger partial charge is 0.495 e. The van der Waals surface area contributed by atoms with Gasteiger partial charge < -0.3 is 15.2 Å². The second-order valence-corrected chi connectivity index (χ2v) is 7.50. The predicted octanol–water partition coefficient (Wildman–Crippen LogP) is 1.58. The Morgan fingerprint density at radius 2 is 2.00 bits per heavy atom. The number of rotatable bonds is 5. The Labute approximate surface area is 133 Å². The monoisotopic (exact) mass is 378 g/mol. The van der Waals surface area contributed by atoms with Crippen molar-refractivity contribution in [2.75, 3.05) is 27.3 Å². The molecule has 1 aromatic rings. The van der Waals surface area contributed by atoms with Gasteiger partial charge in [-0.1, -0.05) is 0 Å². The van der Waals surface area contributed by atoms with Crippen LogP contribution in [0.15, 0.2) is 21.5 Å². The summed E-state index contributed by atoms with van der Waals surface area (Å²) in [5.74, 6) is 0.778. The molecule has 0 saturated carbocycles. The van der Waals surface area contributed by atoms with Gasteiger partial charge >= 0.3 is 0 Å². The third-order valence-corrected chi connectivity index (χ3v) is 6.21. The molecular formula is C13H19BrN2O4S. The maximum absolute atomic E-state index is 12.9. The van der Waals surface area contributed by atoms with Crippen molar-refractivity contribution in [2.24, 2.45) is 5.73 Å². The van der Waals surface area contributed by atoms with E-state index in [2.05, 4.69) is 15.9 Å². The van der Waals surface area contributed by atoms with E-state index in [9.17, 15) is 8.42 Å². The predicted molar refractivity (Wildman–Crippen MR) is 83.2 cm³/mol. The van der Waals surface area contributed by atoms with Crippen LogP contribution < -0.4 is 15.2 Å². The molecule has 1 aliphatic heterocycles. The molecular weight excluding hydrogens is 360 g/mol. The van der Waals surface area contributed by atoms with E-state index in [0.717, 1.165) is 12.8 Å². The van der Waals surface area contributed by atoms with Crippen molar-refractivity contribution in [3.8, 4) is 11.5 Å². The summed E-state index contributed by atoms with van der Waals surface area (Å²) < 4.78 is 38.1. The van der Waals surface area contributed by atoms with Crippen LogP contribution in [0.3, 0.4) is 0 Å². The van der Waals surface area contributed by atoms with E-state index in [0.29, 0.717) is 23.3 Å². The van der Waals surface area contributed by atoms with Gasteiger partial charge in [0.2, 0.25) is 10.0 Å². The molecule has 8 heteroatoms. The molecule has 0 bridgehead atoms. The summed E-state index contributed by atoms with van der Waals surface area (Å²) in [6.07, 6.45) is 1.61. The average molecular weight is 379 g/mol. The summed E-state index contributed by atoms with van der Waals surface area (Å²) in [7, 11) is -0.698. The summed E-state index contributed by atoms with van der Waals surface area (Å²) in [5, 5.41) is 0. The van der Waals surface area contributed by atoms with Crippen LogP contribution in [-0.2, 0) is 10.0 Å². The van der Waals surface area contributed by atoms with Crippen LogP contribution in [0.25, 0.3) is 0 Å². The minimum Gasteiger partial charge on any atom is -0.495 e. The van der Waals surface area contributed by atoms with Crippen LogP contribution >= 0.6 is 15.9 Å². The number of hydrogen-bond acceptors (Lipinski definition) is 5. The van der Waals surface area contributed by atoms with E-state index in [1.165, 1.54) is 24.6 Å². The van der Waals surface area contributed by atoms with Crippen molar-refractivity contribution < 1.29 is 17.9 Å². The van der Waals surface area contributed by atoms with Crippen LogP contribution in [0.5, 0.6) is 11.5 Å². The van der Waals surface area contributed by atoms with Gasteiger partial charge in [0, 0.05) is 25.2 Å². The SMILES string of the molecule is COc1cc(OC)c(S(=O)(=O)N2CCC[C@@H]2CN)cc1Br. The standard InChI is InChI=1S/C13H19BrN2O4S/c1-19-11-7-12(20-2)13(6-10(11)14)21(17,18)16-5-3-4-9(16)8-15/h6-7,9H,3-5,8,15H2,1-2H3/t9-/m1/s1. The maximum atomic E-state index is 12.9. The van der Waals surface area contributed by atoms with E-state index >= 15 is 0 Å².